The molecule has 0 radical (unpaired) electrons. The Hall–Kier alpha value is -3.38. The molecule has 0 saturated carbocycles. The van der Waals surface area contributed by atoms with Crippen LogP contribution in [0.5, 0.6) is 11.5 Å². The lowest BCUT2D eigenvalue weighted by molar-refractivity contribution is 0.393. The van der Waals surface area contributed by atoms with Crippen LogP contribution in [0.2, 0.25) is 0 Å². The van der Waals surface area contributed by atoms with E-state index in [0.717, 1.165) is 10.0 Å². The summed E-state index contributed by atoms with van der Waals surface area (Å²) in [5.74, 6) is 1.66. The van der Waals surface area contributed by atoms with Crippen molar-refractivity contribution in [3.05, 3.63) is 92.9 Å². The molecule has 0 aliphatic carbocycles. The number of aromatic nitrogens is 2. The summed E-state index contributed by atoms with van der Waals surface area (Å²) < 4.78 is 13.4. The van der Waals surface area contributed by atoms with Gasteiger partial charge in [0.15, 0.2) is 0 Å². The van der Waals surface area contributed by atoms with Crippen LogP contribution < -0.4 is 15.0 Å². The molecule has 0 fully saturated rings. The molecule has 0 spiro atoms. The lowest BCUT2D eigenvalue weighted by atomic mass is 10.2. The standard InChI is InChI=1S/C24H19BrN2O3/c1-29-18-11-12-21(22(15-18)30-2)27-23(13-10-16-6-5-7-17(25)14-16)26-20-9-4-3-8-19(20)24(27)28/h3-15H,1-2H3. The fraction of sp³-hybridized carbons (Fsp3) is 0.0833. The molecule has 1 heterocycles. The molecule has 0 bridgehead atoms. The van der Waals surface area contributed by atoms with Gasteiger partial charge >= 0.3 is 0 Å². The van der Waals surface area contributed by atoms with Gasteiger partial charge in [-0.3, -0.25) is 9.36 Å². The van der Waals surface area contributed by atoms with Gasteiger partial charge in [0.2, 0.25) is 0 Å². The molecule has 150 valence electrons. The molecule has 4 rings (SSSR count). The van der Waals surface area contributed by atoms with Gasteiger partial charge in [-0.2, -0.15) is 0 Å². The van der Waals surface area contributed by atoms with Crippen molar-refractivity contribution in [1.82, 2.24) is 9.55 Å². The Kier molecular flexibility index (Phi) is 5.68. The number of rotatable bonds is 5. The number of hydrogen-bond acceptors (Lipinski definition) is 4. The first-order valence-corrected chi connectivity index (χ1v) is 10.1. The summed E-state index contributed by atoms with van der Waals surface area (Å²) in [6.07, 6.45) is 3.76. The largest absolute Gasteiger partial charge is 0.497 e. The number of fused-ring (bicyclic) bond motifs is 1. The zero-order valence-corrected chi connectivity index (χ0v) is 18.1. The van der Waals surface area contributed by atoms with Crippen molar-refractivity contribution in [1.29, 1.82) is 0 Å². The van der Waals surface area contributed by atoms with Gasteiger partial charge < -0.3 is 9.47 Å². The van der Waals surface area contributed by atoms with E-state index in [1.165, 1.54) is 0 Å². The first kappa shape index (κ1) is 19.9. The minimum Gasteiger partial charge on any atom is -0.497 e. The van der Waals surface area contributed by atoms with E-state index in [-0.39, 0.29) is 5.56 Å². The lowest BCUT2D eigenvalue weighted by Gasteiger charge is -2.15. The predicted octanol–water partition coefficient (Wildman–Crippen LogP) is 5.34. The van der Waals surface area contributed by atoms with E-state index in [0.29, 0.717) is 33.9 Å². The molecule has 0 saturated heterocycles. The van der Waals surface area contributed by atoms with Crippen LogP contribution in [0.1, 0.15) is 11.4 Å². The average molecular weight is 463 g/mol. The smallest absolute Gasteiger partial charge is 0.266 e. The Bertz CT molecular complexity index is 1310. The van der Waals surface area contributed by atoms with Gasteiger partial charge in [0.05, 0.1) is 30.8 Å². The van der Waals surface area contributed by atoms with E-state index in [9.17, 15) is 4.79 Å². The molecule has 0 atom stereocenters. The predicted molar refractivity (Wildman–Crippen MR) is 124 cm³/mol. The number of methoxy groups -OCH3 is 2. The Labute approximate surface area is 182 Å². The van der Waals surface area contributed by atoms with Crippen molar-refractivity contribution in [2.45, 2.75) is 0 Å². The number of benzene rings is 3. The van der Waals surface area contributed by atoms with Crippen LogP contribution in [-0.2, 0) is 0 Å². The number of para-hydroxylation sites is 1. The third-order valence-corrected chi connectivity index (χ3v) is 5.20. The molecular formula is C24H19BrN2O3. The monoisotopic (exact) mass is 462 g/mol. The van der Waals surface area contributed by atoms with Crippen LogP contribution in [-0.4, -0.2) is 23.8 Å². The van der Waals surface area contributed by atoms with E-state index < -0.39 is 0 Å². The summed E-state index contributed by atoms with van der Waals surface area (Å²) in [6.45, 7) is 0. The lowest BCUT2D eigenvalue weighted by Crippen LogP contribution is -2.22. The van der Waals surface area contributed by atoms with Crippen LogP contribution in [0.15, 0.2) is 76.0 Å². The first-order valence-electron chi connectivity index (χ1n) is 9.28. The second-order valence-corrected chi connectivity index (χ2v) is 7.47. The van der Waals surface area contributed by atoms with E-state index in [2.05, 4.69) is 15.9 Å². The summed E-state index contributed by atoms with van der Waals surface area (Å²) in [4.78, 5) is 18.2. The molecule has 0 aliphatic rings. The van der Waals surface area contributed by atoms with Crippen molar-refractivity contribution in [2.24, 2.45) is 0 Å². The highest BCUT2D eigenvalue weighted by Crippen LogP contribution is 2.28. The van der Waals surface area contributed by atoms with E-state index in [1.807, 2.05) is 54.6 Å². The minimum absolute atomic E-state index is 0.169. The van der Waals surface area contributed by atoms with Gasteiger partial charge in [-0.05, 0) is 48.0 Å². The number of nitrogens with zero attached hydrogens (tertiary/aromatic N) is 2. The van der Waals surface area contributed by atoms with Crippen LogP contribution in [0.4, 0.5) is 0 Å². The molecule has 4 aromatic rings. The highest BCUT2D eigenvalue weighted by atomic mass is 79.9. The Morgan fingerprint density at radius 1 is 0.933 bits per heavy atom. The van der Waals surface area contributed by atoms with Gasteiger partial charge in [0, 0.05) is 10.5 Å². The fourth-order valence-electron chi connectivity index (χ4n) is 3.25. The van der Waals surface area contributed by atoms with E-state index >= 15 is 0 Å². The van der Waals surface area contributed by atoms with E-state index in [1.54, 1.807) is 43.1 Å². The summed E-state index contributed by atoms with van der Waals surface area (Å²) >= 11 is 3.48. The third-order valence-electron chi connectivity index (χ3n) is 4.70. The maximum absolute atomic E-state index is 13.4. The highest BCUT2D eigenvalue weighted by Gasteiger charge is 2.15. The van der Waals surface area contributed by atoms with Crippen molar-refractivity contribution in [3.8, 4) is 17.2 Å². The van der Waals surface area contributed by atoms with Crippen molar-refractivity contribution < 1.29 is 9.47 Å². The van der Waals surface area contributed by atoms with Crippen molar-refractivity contribution in [2.75, 3.05) is 14.2 Å². The maximum atomic E-state index is 13.4. The molecule has 30 heavy (non-hydrogen) atoms. The van der Waals surface area contributed by atoms with Crippen LogP contribution in [0, 0.1) is 0 Å². The summed E-state index contributed by atoms with van der Waals surface area (Å²) in [5.41, 5.74) is 2.05. The van der Waals surface area contributed by atoms with Crippen LogP contribution in [0.25, 0.3) is 28.7 Å². The maximum Gasteiger partial charge on any atom is 0.266 e. The molecule has 5 nitrogen and oxygen atoms in total. The molecule has 1 aromatic heterocycles. The average Bonchev–Trinajstić information content (AvgIpc) is 2.77. The van der Waals surface area contributed by atoms with Gasteiger partial charge in [-0.15, -0.1) is 0 Å². The number of halogens is 1. The summed E-state index contributed by atoms with van der Waals surface area (Å²) in [6, 6.07) is 20.5. The topological polar surface area (TPSA) is 53.4 Å². The minimum atomic E-state index is -0.169. The summed E-state index contributed by atoms with van der Waals surface area (Å²) in [7, 11) is 3.15. The van der Waals surface area contributed by atoms with Gasteiger partial charge in [0.25, 0.3) is 5.56 Å². The Morgan fingerprint density at radius 2 is 1.77 bits per heavy atom. The van der Waals surface area contributed by atoms with E-state index in [4.69, 9.17) is 14.5 Å². The van der Waals surface area contributed by atoms with Gasteiger partial charge in [0.1, 0.15) is 17.3 Å². The summed E-state index contributed by atoms with van der Waals surface area (Å²) in [5, 5.41) is 0.537. The molecule has 0 amide bonds. The fourth-order valence-corrected chi connectivity index (χ4v) is 3.66. The molecule has 0 N–H and O–H groups in total. The molecular weight excluding hydrogens is 444 g/mol. The number of ether oxygens (including phenoxy) is 2. The van der Waals surface area contributed by atoms with Crippen LogP contribution in [0.3, 0.4) is 0 Å². The second-order valence-electron chi connectivity index (χ2n) is 6.55. The number of hydrogen-bond donors (Lipinski definition) is 0. The molecule has 0 aliphatic heterocycles. The zero-order chi connectivity index (χ0) is 21.1. The molecule has 3 aromatic carbocycles. The highest BCUT2D eigenvalue weighted by molar-refractivity contribution is 9.10. The van der Waals surface area contributed by atoms with Crippen molar-refractivity contribution >= 4 is 39.0 Å². The third kappa shape index (κ3) is 3.86. The molecule has 0 unspecified atom stereocenters. The normalized spacial score (nSPS) is 11.2. The quantitative estimate of drug-likeness (QED) is 0.401. The van der Waals surface area contributed by atoms with Crippen LogP contribution >= 0.6 is 15.9 Å². The van der Waals surface area contributed by atoms with Gasteiger partial charge in [-0.25, -0.2) is 4.98 Å². The zero-order valence-electron chi connectivity index (χ0n) is 16.5. The second kappa shape index (κ2) is 8.55. The molecule has 6 heteroatoms. The van der Waals surface area contributed by atoms with Crippen molar-refractivity contribution in [3.63, 3.8) is 0 Å². The van der Waals surface area contributed by atoms with Gasteiger partial charge in [-0.1, -0.05) is 46.3 Å². The first-order chi connectivity index (χ1) is 14.6. The Balaban J connectivity index is 1.97. The Morgan fingerprint density at radius 3 is 2.53 bits per heavy atom. The SMILES string of the molecule is COc1ccc(-n2c(C=Cc3cccc(Br)c3)nc3ccccc3c2=O)c(OC)c1.